The second-order valence-corrected chi connectivity index (χ2v) is 4.75. The number of nitrogens with zero attached hydrogens (tertiary/aromatic N) is 2. The Labute approximate surface area is 109 Å². The Kier molecular flexibility index (Phi) is 10.5. The Morgan fingerprint density at radius 3 is 1.28 bits per heavy atom. The molecule has 0 spiro atoms. The third kappa shape index (κ3) is 9.76. The Hall–Kier alpha value is -0.240. The molecule has 6 heteroatoms. The van der Waals surface area contributed by atoms with Gasteiger partial charge in [-0.2, -0.15) is 0 Å². The van der Waals surface area contributed by atoms with E-state index >= 15 is 0 Å². The van der Waals surface area contributed by atoms with E-state index < -0.39 is 12.2 Å². The third-order valence-corrected chi connectivity index (χ3v) is 2.61. The summed E-state index contributed by atoms with van der Waals surface area (Å²) >= 11 is 0. The van der Waals surface area contributed by atoms with Gasteiger partial charge in [-0.05, 0) is 13.8 Å². The van der Waals surface area contributed by atoms with E-state index in [9.17, 15) is 10.2 Å². The topological polar surface area (TPSA) is 87.4 Å². The summed E-state index contributed by atoms with van der Waals surface area (Å²) in [6.07, 6.45) is -0.862. The van der Waals surface area contributed by atoms with Gasteiger partial charge in [-0.3, -0.25) is 9.80 Å². The Bertz CT molecular complexity index is 171. The van der Waals surface area contributed by atoms with Gasteiger partial charge in [0.2, 0.25) is 0 Å². The fourth-order valence-electron chi connectivity index (χ4n) is 1.90. The molecule has 18 heavy (non-hydrogen) atoms. The minimum atomic E-state index is -0.431. The quantitative estimate of drug-likeness (QED) is 0.357. The van der Waals surface area contributed by atoms with Crippen molar-refractivity contribution in [2.45, 2.75) is 26.1 Å². The van der Waals surface area contributed by atoms with Crippen molar-refractivity contribution in [1.82, 2.24) is 9.80 Å². The fraction of sp³-hybridized carbons (Fsp3) is 1.00. The van der Waals surface area contributed by atoms with Crippen molar-refractivity contribution < 1.29 is 20.4 Å². The van der Waals surface area contributed by atoms with Crippen LogP contribution in [0.3, 0.4) is 0 Å². The molecule has 110 valence electrons. The van der Waals surface area contributed by atoms with E-state index in [0.717, 1.165) is 0 Å². The van der Waals surface area contributed by atoms with Crippen LogP contribution in [0.5, 0.6) is 0 Å². The first-order valence-corrected chi connectivity index (χ1v) is 6.52. The summed E-state index contributed by atoms with van der Waals surface area (Å²) in [4.78, 5) is 3.94. The van der Waals surface area contributed by atoms with Crippen LogP contribution in [-0.2, 0) is 0 Å². The van der Waals surface area contributed by atoms with Crippen molar-refractivity contribution in [1.29, 1.82) is 0 Å². The smallest absolute Gasteiger partial charge is 0.0639 e. The molecule has 6 nitrogen and oxygen atoms in total. The molecule has 0 bridgehead atoms. The van der Waals surface area contributed by atoms with Gasteiger partial charge in [0, 0.05) is 39.3 Å². The van der Waals surface area contributed by atoms with Gasteiger partial charge in [0.15, 0.2) is 0 Å². The van der Waals surface area contributed by atoms with Crippen molar-refractivity contribution >= 4 is 0 Å². The molecular weight excluding hydrogens is 236 g/mol. The third-order valence-electron chi connectivity index (χ3n) is 2.61. The number of aliphatic hydroxyl groups is 4. The summed E-state index contributed by atoms with van der Waals surface area (Å²) in [5.74, 6) is 0. The highest BCUT2D eigenvalue weighted by Gasteiger charge is 2.12. The zero-order chi connectivity index (χ0) is 14.0. The predicted molar refractivity (Wildman–Crippen MR) is 70.4 cm³/mol. The fourth-order valence-corrected chi connectivity index (χ4v) is 1.90. The van der Waals surface area contributed by atoms with Crippen LogP contribution >= 0.6 is 0 Å². The molecule has 0 fully saturated rings. The van der Waals surface area contributed by atoms with E-state index in [-0.39, 0.29) is 13.2 Å². The van der Waals surface area contributed by atoms with Crippen LogP contribution in [0.4, 0.5) is 0 Å². The van der Waals surface area contributed by atoms with E-state index in [2.05, 4.69) is 0 Å². The number of aliphatic hydroxyl groups excluding tert-OH is 4. The van der Waals surface area contributed by atoms with Gasteiger partial charge in [0.1, 0.15) is 0 Å². The van der Waals surface area contributed by atoms with Crippen LogP contribution in [0.25, 0.3) is 0 Å². The summed E-state index contributed by atoms with van der Waals surface area (Å²) in [5.41, 5.74) is 0. The first-order chi connectivity index (χ1) is 8.49. The molecule has 0 aromatic rings. The number of hydrogen-bond acceptors (Lipinski definition) is 6. The van der Waals surface area contributed by atoms with Gasteiger partial charge in [-0.15, -0.1) is 0 Å². The van der Waals surface area contributed by atoms with E-state index in [1.54, 1.807) is 13.8 Å². The molecule has 0 rings (SSSR count). The zero-order valence-electron chi connectivity index (χ0n) is 11.5. The molecule has 0 saturated carbocycles. The maximum atomic E-state index is 9.35. The normalized spacial score (nSPS) is 15.3. The Balaban J connectivity index is 4.09. The maximum Gasteiger partial charge on any atom is 0.0639 e. The highest BCUT2D eigenvalue weighted by Crippen LogP contribution is 1.97. The van der Waals surface area contributed by atoms with Gasteiger partial charge in [0.05, 0.1) is 25.4 Å². The molecule has 0 aliphatic heterocycles. The maximum absolute atomic E-state index is 9.35. The van der Waals surface area contributed by atoms with E-state index in [4.69, 9.17) is 10.2 Å². The summed E-state index contributed by atoms with van der Waals surface area (Å²) in [5, 5.41) is 36.6. The van der Waals surface area contributed by atoms with Gasteiger partial charge in [-0.1, -0.05) is 0 Å². The van der Waals surface area contributed by atoms with E-state index in [1.165, 1.54) is 0 Å². The first kappa shape index (κ1) is 17.8. The van der Waals surface area contributed by atoms with Gasteiger partial charge < -0.3 is 20.4 Å². The van der Waals surface area contributed by atoms with Crippen LogP contribution in [0, 0.1) is 0 Å². The van der Waals surface area contributed by atoms with Crippen LogP contribution in [0.15, 0.2) is 0 Å². The van der Waals surface area contributed by atoms with Crippen LogP contribution in [-0.4, -0.2) is 94.9 Å². The molecule has 0 aliphatic rings. The molecule has 0 radical (unpaired) electrons. The lowest BCUT2D eigenvalue weighted by atomic mass is 10.3. The number of rotatable bonds is 11. The second kappa shape index (κ2) is 10.7. The standard InChI is InChI=1S/C12H28N2O4/c1-11(17)9-13(5-7-15)3-4-14(6-8-16)10-12(2)18/h11-12,15-18H,3-10H2,1-2H3/t11-,12-/m0/s1. The molecule has 0 amide bonds. The van der Waals surface area contributed by atoms with Crippen molar-refractivity contribution in [3.05, 3.63) is 0 Å². The van der Waals surface area contributed by atoms with Gasteiger partial charge >= 0.3 is 0 Å². The molecular formula is C12H28N2O4. The second-order valence-electron chi connectivity index (χ2n) is 4.75. The Morgan fingerprint density at radius 2 is 1.06 bits per heavy atom. The number of hydrogen-bond donors (Lipinski definition) is 4. The largest absolute Gasteiger partial charge is 0.395 e. The first-order valence-electron chi connectivity index (χ1n) is 6.52. The molecule has 0 aromatic carbocycles. The summed E-state index contributed by atoms with van der Waals surface area (Å²) in [6, 6.07) is 0. The SMILES string of the molecule is C[C@H](O)CN(CCO)CCN(CCO)C[C@H](C)O. The van der Waals surface area contributed by atoms with Crippen molar-refractivity contribution in [2.24, 2.45) is 0 Å². The van der Waals surface area contributed by atoms with Crippen molar-refractivity contribution in [3.63, 3.8) is 0 Å². The molecule has 0 aromatic heterocycles. The monoisotopic (exact) mass is 264 g/mol. The van der Waals surface area contributed by atoms with Crippen LogP contribution in [0.2, 0.25) is 0 Å². The summed E-state index contributed by atoms with van der Waals surface area (Å²) in [7, 11) is 0. The Morgan fingerprint density at radius 1 is 0.722 bits per heavy atom. The highest BCUT2D eigenvalue weighted by atomic mass is 16.3. The molecule has 2 atom stereocenters. The lowest BCUT2D eigenvalue weighted by molar-refractivity contribution is 0.0801. The van der Waals surface area contributed by atoms with Crippen molar-refractivity contribution in [3.8, 4) is 0 Å². The van der Waals surface area contributed by atoms with E-state index in [1.807, 2.05) is 9.80 Å². The molecule has 4 N–H and O–H groups in total. The predicted octanol–water partition coefficient (Wildman–Crippen LogP) is -1.66. The molecule has 0 unspecified atom stereocenters. The summed E-state index contributed by atoms with van der Waals surface area (Å²) in [6.45, 7) is 7.00. The lowest BCUT2D eigenvalue weighted by Gasteiger charge is -2.28. The molecule has 0 aliphatic carbocycles. The minimum absolute atomic E-state index is 0.0587. The van der Waals surface area contributed by atoms with E-state index in [0.29, 0.717) is 39.3 Å². The van der Waals surface area contributed by atoms with Gasteiger partial charge in [0.25, 0.3) is 0 Å². The van der Waals surface area contributed by atoms with Gasteiger partial charge in [-0.25, -0.2) is 0 Å². The summed E-state index contributed by atoms with van der Waals surface area (Å²) < 4.78 is 0. The van der Waals surface area contributed by atoms with Crippen LogP contribution in [0.1, 0.15) is 13.8 Å². The minimum Gasteiger partial charge on any atom is -0.395 e. The average Bonchev–Trinajstić information content (AvgIpc) is 2.24. The average molecular weight is 264 g/mol. The molecule has 0 saturated heterocycles. The van der Waals surface area contributed by atoms with Crippen molar-refractivity contribution in [2.75, 3.05) is 52.5 Å². The highest BCUT2D eigenvalue weighted by molar-refractivity contribution is 4.67. The van der Waals surface area contributed by atoms with Crippen LogP contribution < -0.4 is 0 Å². The molecule has 0 heterocycles. The lowest BCUT2D eigenvalue weighted by Crippen LogP contribution is -2.42. The zero-order valence-corrected chi connectivity index (χ0v) is 11.5.